The van der Waals surface area contributed by atoms with Crippen molar-refractivity contribution in [2.75, 3.05) is 0 Å². The summed E-state index contributed by atoms with van der Waals surface area (Å²) in [5.41, 5.74) is 3.88. The smallest absolute Gasteiger partial charge is 0.183 e. The molecule has 1 saturated carbocycles. The lowest BCUT2D eigenvalue weighted by Gasteiger charge is -2.20. The molecule has 0 atom stereocenters. The second kappa shape index (κ2) is 7.62. The minimum atomic E-state index is -0.714. The van der Waals surface area contributed by atoms with Crippen LogP contribution in [-0.4, -0.2) is 15.6 Å². The number of carbonyl (C=O) groups excluding carboxylic acids is 1. The Morgan fingerprint density at radius 2 is 1.90 bits per heavy atom. The van der Waals surface area contributed by atoms with Crippen LogP contribution >= 0.6 is 11.6 Å². The fraction of sp³-hybridized carbons (Fsp3) is 0.333. The van der Waals surface area contributed by atoms with E-state index in [9.17, 15) is 13.6 Å². The molecule has 1 heterocycles. The average Bonchev–Trinajstić information content (AvgIpc) is 3.25. The number of hydrogen-bond acceptors (Lipinski definition) is 2. The second-order valence-electron chi connectivity index (χ2n) is 8.29. The van der Waals surface area contributed by atoms with Gasteiger partial charge in [-0.2, -0.15) is 5.10 Å². The van der Waals surface area contributed by atoms with Crippen molar-refractivity contribution in [3.8, 4) is 16.9 Å². The molecule has 1 fully saturated rings. The monoisotopic (exact) mass is 426 g/mol. The Morgan fingerprint density at radius 1 is 1.10 bits per heavy atom. The molecule has 30 heavy (non-hydrogen) atoms. The van der Waals surface area contributed by atoms with Gasteiger partial charge in [-0.1, -0.05) is 49.8 Å². The van der Waals surface area contributed by atoms with Crippen LogP contribution in [0.15, 0.2) is 36.4 Å². The summed E-state index contributed by atoms with van der Waals surface area (Å²) < 4.78 is 29.6. The van der Waals surface area contributed by atoms with Crippen molar-refractivity contribution in [3.05, 3.63) is 69.9 Å². The third kappa shape index (κ3) is 3.35. The standard InChI is InChI=1S/C24H21ClF2N2O/c25-16-6-8-18-15(11-16)12-19-23(22(30)10-14-4-2-1-3-5-14)28-29(24(18)19)21-9-7-17(26)13-20(21)27/h6-9,11,13-14H,1-5,10,12H2. The summed E-state index contributed by atoms with van der Waals surface area (Å²) in [6.45, 7) is 0. The van der Waals surface area contributed by atoms with E-state index in [1.165, 1.54) is 23.2 Å². The molecule has 2 aromatic carbocycles. The van der Waals surface area contributed by atoms with Crippen molar-refractivity contribution in [2.24, 2.45) is 5.92 Å². The van der Waals surface area contributed by atoms with Gasteiger partial charge in [0.05, 0.1) is 5.69 Å². The third-order valence-electron chi connectivity index (χ3n) is 6.27. The molecule has 0 aliphatic heterocycles. The molecule has 3 nitrogen and oxygen atoms in total. The summed E-state index contributed by atoms with van der Waals surface area (Å²) in [6, 6.07) is 8.92. The summed E-state index contributed by atoms with van der Waals surface area (Å²) in [7, 11) is 0. The van der Waals surface area contributed by atoms with Gasteiger partial charge in [0, 0.05) is 35.1 Å². The van der Waals surface area contributed by atoms with Crippen LogP contribution in [0, 0.1) is 17.6 Å². The molecule has 6 heteroatoms. The van der Waals surface area contributed by atoms with Gasteiger partial charge in [-0.15, -0.1) is 0 Å². The Kier molecular flexibility index (Phi) is 4.94. The maximum atomic E-state index is 14.6. The normalized spacial score (nSPS) is 15.8. The van der Waals surface area contributed by atoms with Gasteiger partial charge in [-0.05, 0) is 35.7 Å². The molecule has 0 bridgehead atoms. The van der Waals surface area contributed by atoms with Gasteiger partial charge in [0.25, 0.3) is 0 Å². The van der Waals surface area contributed by atoms with Crippen LogP contribution < -0.4 is 0 Å². The highest BCUT2D eigenvalue weighted by atomic mass is 35.5. The maximum Gasteiger partial charge on any atom is 0.183 e. The highest BCUT2D eigenvalue weighted by molar-refractivity contribution is 6.30. The first kappa shape index (κ1) is 19.4. The Morgan fingerprint density at radius 3 is 2.67 bits per heavy atom. The number of Topliss-reactive ketones (excluding diaryl/α,β-unsaturated/α-hetero) is 1. The molecule has 0 unspecified atom stereocenters. The lowest BCUT2D eigenvalue weighted by atomic mass is 9.85. The topological polar surface area (TPSA) is 34.9 Å². The van der Waals surface area contributed by atoms with Gasteiger partial charge in [-0.3, -0.25) is 4.79 Å². The van der Waals surface area contributed by atoms with Gasteiger partial charge < -0.3 is 0 Å². The molecule has 0 amide bonds. The first-order chi connectivity index (χ1) is 14.5. The molecule has 154 valence electrons. The zero-order chi connectivity index (χ0) is 20.8. The zero-order valence-electron chi connectivity index (χ0n) is 16.4. The number of benzene rings is 2. The summed E-state index contributed by atoms with van der Waals surface area (Å²) in [4.78, 5) is 13.2. The summed E-state index contributed by atoms with van der Waals surface area (Å²) in [5.74, 6) is -0.985. The predicted molar refractivity (Wildman–Crippen MR) is 112 cm³/mol. The van der Waals surface area contributed by atoms with E-state index in [2.05, 4.69) is 5.10 Å². The molecule has 0 radical (unpaired) electrons. The Bertz CT molecular complexity index is 1150. The second-order valence-corrected chi connectivity index (χ2v) is 8.73. The van der Waals surface area contributed by atoms with E-state index in [1.807, 2.05) is 12.1 Å². The van der Waals surface area contributed by atoms with Crippen molar-refractivity contribution in [1.29, 1.82) is 0 Å². The van der Waals surface area contributed by atoms with Crippen molar-refractivity contribution in [3.63, 3.8) is 0 Å². The summed E-state index contributed by atoms with van der Waals surface area (Å²) >= 11 is 6.17. The Labute approximate surface area is 178 Å². The Hall–Kier alpha value is -2.53. The van der Waals surface area contributed by atoms with Gasteiger partial charge in [0.15, 0.2) is 11.6 Å². The zero-order valence-corrected chi connectivity index (χ0v) is 17.2. The molecule has 0 spiro atoms. The van der Waals surface area contributed by atoms with E-state index in [0.717, 1.165) is 48.4 Å². The van der Waals surface area contributed by atoms with Crippen LogP contribution in [0.4, 0.5) is 8.78 Å². The van der Waals surface area contributed by atoms with E-state index in [4.69, 9.17) is 11.6 Å². The molecule has 0 N–H and O–H groups in total. The lowest BCUT2D eigenvalue weighted by Crippen LogP contribution is -2.14. The van der Waals surface area contributed by atoms with E-state index < -0.39 is 11.6 Å². The lowest BCUT2D eigenvalue weighted by molar-refractivity contribution is 0.0944. The van der Waals surface area contributed by atoms with Crippen LogP contribution in [0.5, 0.6) is 0 Å². The van der Waals surface area contributed by atoms with Gasteiger partial charge in [0.2, 0.25) is 0 Å². The van der Waals surface area contributed by atoms with Crippen LogP contribution in [0.2, 0.25) is 5.02 Å². The number of nitrogens with zero attached hydrogens (tertiary/aromatic N) is 2. The summed E-state index contributed by atoms with van der Waals surface area (Å²) in [5, 5.41) is 5.16. The van der Waals surface area contributed by atoms with Gasteiger partial charge in [-0.25, -0.2) is 13.5 Å². The van der Waals surface area contributed by atoms with Crippen LogP contribution in [-0.2, 0) is 6.42 Å². The maximum absolute atomic E-state index is 14.6. The van der Waals surface area contributed by atoms with Gasteiger partial charge in [0.1, 0.15) is 17.2 Å². The third-order valence-corrected chi connectivity index (χ3v) is 6.51. The van der Waals surface area contributed by atoms with E-state index >= 15 is 0 Å². The number of halogens is 3. The van der Waals surface area contributed by atoms with Crippen LogP contribution in [0.1, 0.15) is 60.1 Å². The number of carbonyl (C=O) groups is 1. The SMILES string of the molecule is O=C(CC1CCCCC1)c1nn(-c2ccc(F)cc2F)c2c1Cc1cc(Cl)ccc1-2. The van der Waals surface area contributed by atoms with E-state index in [0.29, 0.717) is 35.2 Å². The first-order valence-corrected chi connectivity index (χ1v) is 10.8. The number of hydrogen-bond donors (Lipinski definition) is 0. The van der Waals surface area contributed by atoms with Crippen molar-refractivity contribution in [1.82, 2.24) is 9.78 Å². The number of aromatic nitrogens is 2. The molecule has 2 aliphatic carbocycles. The molecular weight excluding hydrogens is 406 g/mol. The van der Waals surface area contributed by atoms with E-state index in [1.54, 1.807) is 6.07 Å². The van der Waals surface area contributed by atoms with Crippen molar-refractivity contribution in [2.45, 2.75) is 44.9 Å². The van der Waals surface area contributed by atoms with Crippen LogP contribution in [0.25, 0.3) is 16.9 Å². The molecule has 1 aromatic heterocycles. The number of rotatable bonds is 4. The fourth-order valence-electron chi connectivity index (χ4n) is 4.83. The number of ketones is 1. The van der Waals surface area contributed by atoms with Crippen LogP contribution in [0.3, 0.4) is 0 Å². The van der Waals surface area contributed by atoms with Crippen molar-refractivity contribution < 1.29 is 13.6 Å². The largest absolute Gasteiger partial charge is 0.292 e. The molecule has 0 saturated heterocycles. The van der Waals surface area contributed by atoms with E-state index in [-0.39, 0.29) is 11.5 Å². The highest BCUT2D eigenvalue weighted by Crippen LogP contribution is 2.42. The molecule has 2 aliphatic rings. The first-order valence-electron chi connectivity index (χ1n) is 10.4. The summed E-state index contributed by atoms with van der Waals surface area (Å²) in [6.07, 6.45) is 6.68. The highest BCUT2D eigenvalue weighted by Gasteiger charge is 2.32. The fourth-order valence-corrected chi connectivity index (χ4v) is 5.02. The molecular formula is C24H21ClF2N2O. The molecule has 5 rings (SSSR count). The quantitative estimate of drug-likeness (QED) is 0.348. The number of fused-ring (bicyclic) bond motifs is 3. The average molecular weight is 427 g/mol. The minimum Gasteiger partial charge on any atom is -0.292 e. The Balaban J connectivity index is 1.61. The minimum absolute atomic E-state index is 0.00155. The molecule has 3 aromatic rings. The van der Waals surface area contributed by atoms with Gasteiger partial charge >= 0.3 is 0 Å². The van der Waals surface area contributed by atoms with Crippen molar-refractivity contribution >= 4 is 17.4 Å². The predicted octanol–water partition coefficient (Wildman–Crippen LogP) is 6.53.